The number of benzene rings is 1. The molecule has 0 unspecified atom stereocenters. The van der Waals surface area contributed by atoms with E-state index in [-0.39, 0.29) is 49.1 Å². The Hall–Kier alpha value is -4.57. The van der Waals surface area contributed by atoms with E-state index in [4.69, 9.17) is 9.47 Å². The second kappa shape index (κ2) is 14.1. The van der Waals surface area contributed by atoms with Crippen LogP contribution >= 0.6 is 0 Å². The number of likely N-dealkylation sites (tertiary alicyclic amines) is 1. The third-order valence-corrected chi connectivity index (χ3v) is 9.67. The summed E-state index contributed by atoms with van der Waals surface area (Å²) < 4.78 is 56.6. The Kier molecular flexibility index (Phi) is 10.1. The monoisotopic (exact) mass is 726 g/mol. The first-order valence-corrected chi connectivity index (χ1v) is 17.4. The Balaban J connectivity index is 1.34. The molecule has 3 aliphatic heterocycles. The van der Waals surface area contributed by atoms with E-state index in [1.165, 1.54) is 11.9 Å². The van der Waals surface area contributed by atoms with E-state index in [1.807, 2.05) is 7.05 Å². The van der Waals surface area contributed by atoms with Crippen LogP contribution in [-0.4, -0.2) is 93.0 Å². The Labute approximate surface area is 300 Å². The highest BCUT2D eigenvalue weighted by Gasteiger charge is 2.44. The van der Waals surface area contributed by atoms with E-state index in [0.29, 0.717) is 35.8 Å². The minimum Gasteiger partial charge on any atom is -0.444 e. The molecule has 0 saturated carbocycles. The van der Waals surface area contributed by atoms with Crippen molar-refractivity contribution in [2.75, 3.05) is 50.1 Å². The van der Waals surface area contributed by atoms with Gasteiger partial charge in [0.05, 0.1) is 25.3 Å². The van der Waals surface area contributed by atoms with E-state index >= 15 is 0 Å². The molecule has 2 saturated heterocycles. The van der Waals surface area contributed by atoms with Gasteiger partial charge >= 0.3 is 12.3 Å². The van der Waals surface area contributed by atoms with Crippen molar-refractivity contribution in [2.45, 2.75) is 77.2 Å². The van der Waals surface area contributed by atoms with Crippen LogP contribution in [-0.2, 0) is 52.4 Å². The lowest BCUT2D eigenvalue weighted by Crippen LogP contribution is -2.49. The second-order valence-corrected chi connectivity index (χ2v) is 15.3. The highest BCUT2D eigenvalue weighted by molar-refractivity contribution is 6.10. The summed E-state index contributed by atoms with van der Waals surface area (Å²) in [5, 5.41) is 10.9. The Morgan fingerprint density at radius 2 is 1.90 bits per heavy atom. The van der Waals surface area contributed by atoms with E-state index in [0.717, 1.165) is 36.9 Å². The number of nitrogens with zero attached hydrogens (tertiary/aromatic N) is 7. The summed E-state index contributed by atoms with van der Waals surface area (Å²) in [6, 6.07) is 6.04. The number of carbonyl (C=O) groups excluding carboxylic acids is 3. The largest absolute Gasteiger partial charge is 0.444 e. The fraction of sp³-hybridized carbons (Fsp3) is 0.556. The van der Waals surface area contributed by atoms with E-state index in [9.17, 15) is 27.6 Å². The maximum absolute atomic E-state index is 14.6. The van der Waals surface area contributed by atoms with Crippen LogP contribution in [0.1, 0.15) is 79.0 Å². The van der Waals surface area contributed by atoms with Crippen LogP contribution in [0.5, 0.6) is 0 Å². The number of ether oxygens (including phenoxy) is 2. The summed E-state index contributed by atoms with van der Waals surface area (Å²) in [4.78, 5) is 48.9. The van der Waals surface area contributed by atoms with Gasteiger partial charge in [-0.05, 0) is 87.0 Å². The molecule has 1 atom stereocenters. The lowest BCUT2D eigenvalue weighted by Gasteiger charge is -2.42. The first-order valence-electron chi connectivity index (χ1n) is 17.4. The highest BCUT2D eigenvalue weighted by Crippen LogP contribution is 2.42. The van der Waals surface area contributed by atoms with Gasteiger partial charge < -0.3 is 24.3 Å². The lowest BCUT2D eigenvalue weighted by atomic mass is 9.75. The van der Waals surface area contributed by atoms with E-state index in [1.54, 1.807) is 49.9 Å². The van der Waals surface area contributed by atoms with Crippen LogP contribution in [0.4, 0.5) is 29.6 Å². The standard InChI is InChI=1S/C36H45F3N8O5/c1-22-8-7-9-46(15-22)16-23-10-25-26(27(11-23)36(37,38)39)17-47(32(25)49)29-13-24(35(19-51-20-35)14-30-43-40-21-45(30)6)12-28(41-29)42-31(48)18-44(5)33(50)52-34(2,3)4/h10-13,21-22H,7-9,14-20H2,1-6H3,(H,41,42,48)/t22-/m0/s1. The third kappa shape index (κ3) is 8.07. The average Bonchev–Trinajstić information content (AvgIpc) is 3.58. The molecular weight excluding hydrogens is 681 g/mol. The molecule has 0 radical (unpaired) electrons. The fourth-order valence-corrected chi connectivity index (χ4v) is 7.00. The number of aromatic nitrogens is 4. The minimum atomic E-state index is -4.69. The summed E-state index contributed by atoms with van der Waals surface area (Å²) in [6.45, 7) is 8.95. The number of rotatable bonds is 9. The van der Waals surface area contributed by atoms with Crippen molar-refractivity contribution in [1.82, 2.24) is 29.5 Å². The topological polar surface area (TPSA) is 135 Å². The zero-order valence-corrected chi connectivity index (χ0v) is 30.3. The van der Waals surface area contributed by atoms with Crippen LogP contribution < -0.4 is 10.2 Å². The number of carbonyl (C=O) groups is 3. The number of aryl methyl sites for hydroxylation is 1. The number of fused-ring (bicyclic) bond motifs is 1. The number of nitrogens with one attached hydrogen (secondary N) is 1. The number of piperidine rings is 1. The van der Waals surface area contributed by atoms with Crippen LogP contribution in [0, 0.1) is 5.92 Å². The molecule has 3 amide bonds. The molecule has 5 heterocycles. The van der Waals surface area contributed by atoms with Gasteiger partial charge in [-0.15, -0.1) is 10.2 Å². The van der Waals surface area contributed by atoms with Crippen molar-refractivity contribution in [3.05, 3.63) is 64.2 Å². The number of alkyl halides is 3. The fourth-order valence-electron chi connectivity index (χ4n) is 7.00. The van der Waals surface area contributed by atoms with Crippen molar-refractivity contribution in [1.29, 1.82) is 0 Å². The van der Waals surface area contributed by atoms with Gasteiger partial charge in [0.25, 0.3) is 5.91 Å². The van der Waals surface area contributed by atoms with Gasteiger partial charge in [0, 0.05) is 44.6 Å². The van der Waals surface area contributed by atoms with Crippen molar-refractivity contribution in [3.8, 4) is 0 Å². The molecular formula is C36H45F3N8O5. The molecule has 280 valence electrons. The summed E-state index contributed by atoms with van der Waals surface area (Å²) in [5.74, 6) is 0.0150. The molecule has 3 aliphatic rings. The van der Waals surface area contributed by atoms with Crippen molar-refractivity contribution < 1.29 is 37.0 Å². The van der Waals surface area contributed by atoms with E-state index < -0.39 is 40.7 Å². The quantitative estimate of drug-likeness (QED) is 0.326. The summed E-state index contributed by atoms with van der Waals surface area (Å²) in [7, 11) is 3.23. The number of hydrogen-bond donors (Lipinski definition) is 1. The molecule has 1 N–H and O–H groups in total. The lowest BCUT2D eigenvalue weighted by molar-refractivity contribution is -0.138. The van der Waals surface area contributed by atoms with Crippen LogP contribution in [0.15, 0.2) is 30.6 Å². The Morgan fingerprint density at radius 1 is 1.15 bits per heavy atom. The number of anilines is 2. The molecule has 0 aliphatic carbocycles. The van der Waals surface area contributed by atoms with Crippen LogP contribution in [0.3, 0.4) is 0 Å². The molecule has 16 heteroatoms. The summed E-state index contributed by atoms with van der Waals surface area (Å²) in [6.07, 6.45) is -1.38. The zero-order valence-electron chi connectivity index (χ0n) is 30.3. The molecule has 6 rings (SSSR count). The van der Waals surface area contributed by atoms with Gasteiger partial charge in [-0.1, -0.05) is 6.92 Å². The van der Waals surface area contributed by atoms with Crippen molar-refractivity contribution in [3.63, 3.8) is 0 Å². The molecule has 2 aromatic heterocycles. The molecule has 52 heavy (non-hydrogen) atoms. The number of amides is 3. The van der Waals surface area contributed by atoms with Crippen molar-refractivity contribution >= 4 is 29.5 Å². The predicted octanol–water partition coefficient (Wildman–Crippen LogP) is 4.94. The first kappa shape index (κ1) is 37.2. The van der Waals surface area contributed by atoms with Crippen molar-refractivity contribution in [2.24, 2.45) is 13.0 Å². The smallest absolute Gasteiger partial charge is 0.416 e. The van der Waals surface area contributed by atoms with Gasteiger partial charge in [-0.2, -0.15) is 13.2 Å². The molecule has 2 fully saturated rings. The summed E-state index contributed by atoms with van der Waals surface area (Å²) >= 11 is 0. The highest BCUT2D eigenvalue weighted by atomic mass is 19.4. The maximum atomic E-state index is 14.6. The van der Waals surface area contributed by atoms with Gasteiger partial charge in [0.15, 0.2) is 0 Å². The van der Waals surface area contributed by atoms with Crippen LogP contribution in [0.2, 0.25) is 0 Å². The summed E-state index contributed by atoms with van der Waals surface area (Å²) in [5.41, 5.74) is -1.35. The predicted molar refractivity (Wildman–Crippen MR) is 185 cm³/mol. The Bertz CT molecular complexity index is 1850. The third-order valence-electron chi connectivity index (χ3n) is 9.67. The number of pyridine rings is 1. The van der Waals surface area contributed by atoms with Gasteiger partial charge in [-0.3, -0.25) is 19.4 Å². The first-order chi connectivity index (χ1) is 24.4. The molecule has 13 nitrogen and oxygen atoms in total. The minimum absolute atomic E-state index is 0.0209. The number of halogens is 3. The van der Waals surface area contributed by atoms with Gasteiger partial charge in [0.1, 0.15) is 35.9 Å². The molecule has 0 bridgehead atoms. The average molecular weight is 727 g/mol. The second-order valence-electron chi connectivity index (χ2n) is 15.3. The number of likely N-dealkylation sites (N-methyl/N-ethyl adjacent to an activating group) is 1. The van der Waals surface area contributed by atoms with Gasteiger partial charge in [-0.25, -0.2) is 9.78 Å². The van der Waals surface area contributed by atoms with Crippen LogP contribution in [0.25, 0.3) is 0 Å². The van der Waals surface area contributed by atoms with E-state index in [2.05, 4.69) is 32.3 Å². The molecule has 1 aromatic carbocycles. The SMILES string of the molecule is C[C@H]1CCCN(Cc2cc3c(c(C(F)(F)F)c2)CN(c2cc(C4(Cc5nncn5C)COC4)cc(NC(=O)CN(C)C(=O)OC(C)(C)C)n2)C3=O)C1. The zero-order chi connectivity index (χ0) is 37.6. The normalized spacial score (nSPS) is 18.9. The molecule has 0 spiro atoms. The van der Waals surface area contributed by atoms with Gasteiger partial charge in [0.2, 0.25) is 5.91 Å². The Morgan fingerprint density at radius 3 is 2.52 bits per heavy atom. The number of hydrogen-bond acceptors (Lipinski definition) is 9. The molecule has 3 aromatic rings. The maximum Gasteiger partial charge on any atom is 0.416 e.